The van der Waals surface area contributed by atoms with Crippen LogP contribution in [0.5, 0.6) is 0 Å². The molecule has 116 valence electrons. The van der Waals surface area contributed by atoms with Gasteiger partial charge in [0.1, 0.15) is 6.61 Å². The molecular formula is C17H13FN2O3. The van der Waals surface area contributed by atoms with E-state index in [2.05, 4.69) is 22.1 Å². The molecule has 0 radical (unpaired) electrons. The first-order valence-corrected chi connectivity index (χ1v) is 6.74. The maximum Gasteiger partial charge on any atom is 0.408 e. The summed E-state index contributed by atoms with van der Waals surface area (Å²) in [5, 5.41) is 2.44. The number of hydrogen-bond acceptors (Lipinski definition) is 4. The zero-order valence-corrected chi connectivity index (χ0v) is 12.1. The van der Waals surface area contributed by atoms with E-state index in [0.717, 1.165) is 5.56 Å². The van der Waals surface area contributed by atoms with E-state index >= 15 is 0 Å². The molecule has 5 nitrogen and oxygen atoms in total. The number of hydrogen-bond donors (Lipinski definition) is 1. The number of halogens is 1. The molecular weight excluding hydrogens is 299 g/mol. The number of pyridine rings is 1. The number of nitrogens with one attached hydrogen (secondary N) is 1. The maximum atomic E-state index is 13.2. The number of alkyl carbamates (subject to hydrolysis) is 1. The molecule has 0 atom stereocenters. The monoisotopic (exact) mass is 312 g/mol. The minimum absolute atomic E-state index is 0.00978. The molecule has 0 saturated heterocycles. The minimum atomic E-state index is -0.873. The number of rotatable bonds is 4. The molecule has 1 amide bonds. The van der Waals surface area contributed by atoms with Crippen molar-refractivity contribution in [1.82, 2.24) is 10.3 Å². The molecule has 1 aromatic heterocycles. The molecule has 0 saturated carbocycles. The molecule has 1 aromatic carbocycles. The molecule has 0 aliphatic carbocycles. The van der Waals surface area contributed by atoms with Gasteiger partial charge >= 0.3 is 6.09 Å². The zero-order valence-electron chi connectivity index (χ0n) is 12.1. The van der Waals surface area contributed by atoms with Crippen molar-refractivity contribution in [3.8, 4) is 11.8 Å². The third-order valence-corrected chi connectivity index (χ3v) is 2.82. The molecule has 1 heterocycles. The lowest BCUT2D eigenvalue weighted by Gasteiger charge is -2.04. The summed E-state index contributed by atoms with van der Waals surface area (Å²) in [5.74, 6) is 4.35. The molecule has 2 rings (SSSR count). The van der Waals surface area contributed by atoms with Gasteiger partial charge < -0.3 is 10.1 Å². The van der Waals surface area contributed by atoms with Gasteiger partial charge in [-0.3, -0.25) is 4.79 Å². The first kappa shape index (κ1) is 16.2. The largest absolute Gasteiger partial charge is 0.445 e. The molecule has 0 aliphatic rings. The molecule has 0 unspecified atom stereocenters. The van der Waals surface area contributed by atoms with Gasteiger partial charge in [0.15, 0.2) is 6.29 Å². The summed E-state index contributed by atoms with van der Waals surface area (Å²) >= 11 is 0. The van der Waals surface area contributed by atoms with Gasteiger partial charge in [0.25, 0.3) is 0 Å². The third-order valence-electron chi connectivity index (χ3n) is 2.82. The number of amides is 1. The quantitative estimate of drug-likeness (QED) is 0.534. The number of ether oxygens (including phenoxy) is 1. The normalized spacial score (nSPS) is 9.43. The van der Waals surface area contributed by atoms with E-state index in [1.807, 2.05) is 30.3 Å². The van der Waals surface area contributed by atoms with Crippen LogP contribution < -0.4 is 5.32 Å². The number of aromatic nitrogens is 1. The molecule has 23 heavy (non-hydrogen) atoms. The maximum absolute atomic E-state index is 13.2. The van der Waals surface area contributed by atoms with Crippen LogP contribution in [0.1, 0.15) is 21.5 Å². The summed E-state index contributed by atoms with van der Waals surface area (Å²) in [7, 11) is 0. The van der Waals surface area contributed by atoms with E-state index in [1.165, 1.54) is 12.3 Å². The first-order chi connectivity index (χ1) is 11.2. The lowest BCUT2D eigenvalue weighted by Crippen LogP contribution is -2.24. The predicted molar refractivity (Wildman–Crippen MR) is 81.1 cm³/mol. The molecule has 0 fully saturated rings. The Balaban J connectivity index is 1.82. The van der Waals surface area contributed by atoms with Crippen LogP contribution in [0.15, 0.2) is 42.6 Å². The molecule has 0 bridgehead atoms. The van der Waals surface area contributed by atoms with Gasteiger partial charge in [-0.1, -0.05) is 42.2 Å². The van der Waals surface area contributed by atoms with Crippen molar-refractivity contribution in [2.24, 2.45) is 0 Å². The number of benzene rings is 1. The fourth-order valence-electron chi connectivity index (χ4n) is 1.70. The molecule has 0 aliphatic heterocycles. The summed E-state index contributed by atoms with van der Waals surface area (Å²) in [4.78, 5) is 25.6. The van der Waals surface area contributed by atoms with Crippen molar-refractivity contribution >= 4 is 12.4 Å². The van der Waals surface area contributed by atoms with E-state index in [4.69, 9.17) is 4.74 Å². The first-order valence-electron chi connectivity index (χ1n) is 6.74. The second kappa shape index (κ2) is 8.29. The average molecular weight is 312 g/mol. The smallest absolute Gasteiger partial charge is 0.408 e. The Labute approximate surface area is 132 Å². The summed E-state index contributed by atoms with van der Waals surface area (Å²) in [6, 6.07) is 10.7. The van der Waals surface area contributed by atoms with Crippen molar-refractivity contribution in [1.29, 1.82) is 0 Å². The van der Waals surface area contributed by atoms with Crippen LogP contribution in [0.2, 0.25) is 0 Å². The standard InChI is InChI=1S/C17H13FN2O3/c18-16-15(11-21)14(8-10-19-16)7-4-9-20-17(22)23-12-13-5-2-1-3-6-13/h1-3,5-6,8,10-11H,9,12H2,(H,20,22). The van der Waals surface area contributed by atoms with Crippen LogP contribution in [0, 0.1) is 17.8 Å². The summed E-state index contributed by atoms with van der Waals surface area (Å²) in [6.45, 7) is 0.167. The molecule has 2 aromatic rings. The van der Waals surface area contributed by atoms with Crippen LogP contribution in [0.25, 0.3) is 0 Å². The Morgan fingerprint density at radius 1 is 1.30 bits per heavy atom. The number of aldehydes is 1. The summed E-state index contributed by atoms with van der Waals surface area (Å²) in [6.07, 6.45) is 0.960. The van der Waals surface area contributed by atoms with Crippen molar-refractivity contribution in [3.63, 3.8) is 0 Å². The van der Waals surface area contributed by atoms with E-state index < -0.39 is 12.0 Å². The lowest BCUT2D eigenvalue weighted by atomic mass is 10.1. The van der Waals surface area contributed by atoms with E-state index in [-0.39, 0.29) is 24.3 Å². The highest BCUT2D eigenvalue weighted by Crippen LogP contribution is 2.06. The van der Waals surface area contributed by atoms with Crippen LogP contribution in [-0.4, -0.2) is 23.9 Å². The predicted octanol–water partition coefficient (Wildman–Crippen LogP) is 2.31. The van der Waals surface area contributed by atoms with E-state index in [1.54, 1.807) is 0 Å². The Bertz CT molecular complexity index is 751. The van der Waals surface area contributed by atoms with E-state index in [9.17, 15) is 14.0 Å². The van der Waals surface area contributed by atoms with E-state index in [0.29, 0.717) is 6.29 Å². The minimum Gasteiger partial charge on any atom is -0.445 e. The van der Waals surface area contributed by atoms with Gasteiger partial charge in [-0.2, -0.15) is 4.39 Å². The van der Waals surface area contributed by atoms with Crippen LogP contribution in [0.4, 0.5) is 9.18 Å². The number of carbonyl (C=O) groups excluding carboxylic acids is 2. The average Bonchev–Trinajstić information content (AvgIpc) is 2.58. The number of carbonyl (C=O) groups is 2. The molecule has 0 spiro atoms. The lowest BCUT2D eigenvalue weighted by molar-refractivity contribution is 0.111. The van der Waals surface area contributed by atoms with Gasteiger partial charge in [0.2, 0.25) is 5.95 Å². The highest BCUT2D eigenvalue weighted by molar-refractivity contribution is 5.79. The van der Waals surface area contributed by atoms with Crippen molar-refractivity contribution in [2.75, 3.05) is 6.54 Å². The fourth-order valence-corrected chi connectivity index (χ4v) is 1.70. The SMILES string of the molecule is O=Cc1c(C#CCNC(=O)OCc2ccccc2)ccnc1F. The Kier molecular flexibility index (Phi) is 5.83. The zero-order chi connectivity index (χ0) is 16.5. The Morgan fingerprint density at radius 2 is 2.09 bits per heavy atom. The van der Waals surface area contributed by atoms with Crippen molar-refractivity contribution in [3.05, 3.63) is 65.2 Å². The second-order valence-electron chi connectivity index (χ2n) is 4.40. The Morgan fingerprint density at radius 3 is 2.83 bits per heavy atom. The van der Waals surface area contributed by atoms with Crippen molar-refractivity contribution in [2.45, 2.75) is 6.61 Å². The van der Waals surface area contributed by atoms with Gasteiger partial charge in [0.05, 0.1) is 12.1 Å². The van der Waals surface area contributed by atoms with Gasteiger partial charge in [0, 0.05) is 11.8 Å². The topological polar surface area (TPSA) is 68.3 Å². The fraction of sp³-hybridized carbons (Fsp3) is 0.118. The third kappa shape index (κ3) is 4.93. The van der Waals surface area contributed by atoms with Gasteiger partial charge in [-0.15, -0.1) is 0 Å². The summed E-state index contributed by atoms with van der Waals surface area (Å²) < 4.78 is 18.2. The van der Waals surface area contributed by atoms with Gasteiger partial charge in [-0.05, 0) is 11.6 Å². The van der Waals surface area contributed by atoms with Crippen LogP contribution >= 0.6 is 0 Å². The summed E-state index contributed by atoms with van der Waals surface area (Å²) in [5.41, 5.74) is 0.884. The Hall–Kier alpha value is -3.20. The number of nitrogens with zero attached hydrogens (tertiary/aromatic N) is 1. The molecule has 6 heteroatoms. The van der Waals surface area contributed by atoms with Gasteiger partial charge in [-0.25, -0.2) is 9.78 Å². The van der Waals surface area contributed by atoms with Crippen LogP contribution in [0.3, 0.4) is 0 Å². The van der Waals surface area contributed by atoms with Crippen LogP contribution in [-0.2, 0) is 11.3 Å². The van der Waals surface area contributed by atoms with Crippen molar-refractivity contribution < 1.29 is 18.7 Å². The second-order valence-corrected chi connectivity index (χ2v) is 4.40. The highest BCUT2D eigenvalue weighted by Gasteiger charge is 2.06. The highest BCUT2D eigenvalue weighted by atomic mass is 19.1. The molecule has 1 N–H and O–H groups in total.